The van der Waals surface area contributed by atoms with Crippen molar-refractivity contribution in [3.05, 3.63) is 59.8 Å². The number of carbonyl (C=O) groups excluding carboxylic acids is 5. The van der Waals surface area contributed by atoms with Gasteiger partial charge in [0.15, 0.2) is 11.5 Å². The number of amides is 4. The number of aromatic nitrogens is 1. The third-order valence-corrected chi connectivity index (χ3v) is 9.36. The number of nitrogens with one attached hydrogen (secondary N) is 3. The SMILES string of the molecule is COc1ccc(CNC(=O)C(=O)[C@@H]2CC(F)(F)CN2C(=O)CNC(=O)c2ccnc3c(NC(=O)CCC[N+]4(C)CCOCC4)cccc23)cc1OC.[I-]. The van der Waals surface area contributed by atoms with Gasteiger partial charge in [0.05, 0.1) is 70.9 Å². The van der Waals surface area contributed by atoms with Gasteiger partial charge in [-0.25, -0.2) is 8.78 Å². The van der Waals surface area contributed by atoms with Crippen LogP contribution in [0.2, 0.25) is 0 Å². The highest BCUT2D eigenvalue weighted by atomic mass is 127. The van der Waals surface area contributed by atoms with Crippen LogP contribution in [0, 0.1) is 0 Å². The van der Waals surface area contributed by atoms with Crippen molar-refractivity contribution in [2.45, 2.75) is 37.8 Å². The monoisotopic (exact) mass is 852 g/mol. The minimum absolute atomic E-state index is 0. The van der Waals surface area contributed by atoms with E-state index in [9.17, 15) is 32.8 Å². The van der Waals surface area contributed by atoms with Gasteiger partial charge in [0.2, 0.25) is 17.6 Å². The van der Waals surface area contributed by atoms with Crippen LogP contribution in [-0.4, -0.2) is 123 Å². The van der Waals surface area contributed by atoms with E-state index < -0.39 is 55.0 Å². The molecule has 53 heavy (non-hydrogen) atoms. The highest BCUT2D eigenvalue weighted by Gasteiger charge is 2.51. The Morgan fingerprint density at radius 2 is 1.75 bits per heavy atom. The number of pyridine rings is 1. The Hall–Kier alpha value is -4.49. The van der Waals surface area contributed by atoms with Crippen molar-refractivity contribution in [3.63, 3.8) is 0 Å². The summed E-state index contributed by atoms with van der Waals surface area (Å²) in [6, 6.07) is 9.49. The molecule has 2 saturated heterocycles. The number of likely N-dealkylation sites (N-methyl/N-ethyl adjacent to an activating group) is 1. The summed E-state index contributed by atoms with van der Waals surface area (Å²) in [5.41, 5.74) is 1.45. The zero-order chi connectivity index (χ0) is 37.5. The summed E-state index contributed by atoms with van der Waals surface area (Å²) >= 11 is 0. The second-order valence-electron chi connectivity index (χ2n) is 13.1. The molecule has 0 unspecified atom stereocenters. The van der Waals surface area contributed by atoms with Crippen LogP contribution < -0.4 is 49.4 Å². The second kappa shape index (κ2) is 18.0. The fraction of sp³-hybridized carbons (Fsp3) is 0.444. The minimum atomic E-state index is -3.42. The normalized spacial score (nSPS) is 17.3. The number of ether oxygens (including phenoxy) is 3. The molecule has 3 heterocycles. The Kier molecular flexibility index (Phi) is 14.0. The van der Waals surface area contributed by atoms with Crippen LogP contribution in [0.3, 0.4) is 0 Å². The lowest BCUT2D eigenvalue weighted by Gasteiger charge is -2.37. The molecule has 0 radical (unpaired) electrons. The van der Waals surface area contributed by atoms with Gasteiger partial charge in [0, 0.05) is 37.4 Å². The molecule has 0 bridgehead atoms. The first kappa shape index (κ1) is 41.3. The largest absolute Gasteiger partial charge is 1.00 e. The Morgan fingerprint density at radius 1 is 1.02 bits per heavy atom. The highest BCUT2D eigenvalue weighted by molar-refractivity contribution is 6.38. The van der Waals surface area contributed by atoms with Crippen LogP contribution in [-0.2, 0) is 30.5 Å². The molecule has 286 valence electrons. The molecule has 2 aromatic carbocycles. The number of para-hydroxylation sites is 1. The topological polar surface area (TPSA) is 165 Å². The third kappa shape index (κ3) is 10.3. The van der Waals surface area contributed by atoms with Gasteiger partial charge in [-0.1, -0.05) is 18.2 Å². The number of Topliss-reactive ketones (excluding diaryl/α,β-unsaturated/α-hetero) is 1. The van der Waals surface area contributed by atoms with Gasteiger partial charge in [-0.05, 0) is 29.8 Å². The zero-order valence-electron chi connectivity index (χ0n) is 29.7. The van der Waals surface area contributed by atoms with Crippen LogP contribution in [0.4, 0.5) is 14.5 Å². The Balaban J connectivity index is 0.00000627. The van der Waals surface area contributed by atoms with Crippen molar-refractivity contribution in [1.82, 2.24) is 20.5 Å². The van der Waals surface area contributed by atoms with Gasteiger partial charge in [0.1, 0.15) is 19.1 Å². The van der Waals surface area contributed by atoms with Gasteiger partial charge in [-0.15, -0.1) is 0 Å². The number of likely N-dealkylation sites (tertiary alicyclic amines) is 1. The number of quaternary nitrogens is 1. The predicted octanol–water partition coefficient (Wildman–Crippen LogP) is -0.697. The lowest BCUT2D eigenvalue weighted by Crippen LogP contribution is -3.00. The zero-order valence-corrected chi connectivity index (χ0v) is 31.9. The molecule has 1 aromatic heterocycles. The first-order chi connectivity index (χ1) is 24.8. The number of anilines is 1. The number of methoxy groups -OCH3 is 2. The summed E-state index contributed by atoms with van der Waals surface area (Å²) in [6.45, 7) is 2.12. The summed E-state index contributed by atoms with van der Waals surface area (Å²) < 4.78 is 45.8. The maximum atomic E-state index is 14.5. The number of benzene rings is 2. The van der Waals surface area contributed by atoms with E-state index in [2.05, 4.69) is 28.0 Å². The summed E-state index contributed by atoms with van der Waals surface area (Å²) in [6.07, 6.45) is 1.33. The number of fused-ring (bicyclic) bond motifs is 1. The van der Waals surface area contributed by atoms with Crippen LogP contribution in [0.1, 0.15) is 35.2 Å². The lowest BCUT2D eigenvalue weighted by atomic mass is 10.1. The van der Waals surface area contributed by atoms with Crippen molar-refractivity contribution < 1.29 is 75.4 Å². The van der Waals surface area contributed by atoms with Gasteiger partial charge in [-0.3, -0.25) is 29.0 Å². The number of hydrogen-bond donors (Lipinski definition) is 3. The quantitative estimate of drug-likeness (QED) is 0.108. The first-order valence-corrected chi connectivity index (χ1v) is 16.9. The van der Waals surface area contributed by atoms with E-state index in [1.807, 2.05) is 0 Å². The van der Waals surface area contributed by atoms with Gasteiger partial charge < -0.3 is 63.5 Å². The van der Waals surface area contributed by atoms with Crippen LogP contribution in [0.5, 0.6) is 11.5 Å². The van der Waals surface area contributed by atoms with Crippen molar-refractivity contribution in [1.29, 1.82) is 0 Å². The van der Waals surface area contributed by atoms with E-state index >= 15 is 0 Å². The number of hydrogen-bond acceptors (Lipinski definition) is 9. The fourth-order valence-corrected chi connectivity index (χ4v) is 6.39. The van der Waals surface area contributed by atoms with Crippen LogP contribution >= 0.6 is 0 Å². The van der Waals surface area contributed by atoms with E-state index in [-0.39, 0.29) is 42.0 Å². The Labute approximate surface area is 322 Å². The molecular formula is C36H43F2IN6O8. The summed E-state index contributed by atoms with van der Waals surface area (Å²) in [5, 5.41) is 8.11. The summed E-state index contributed by atoms with van der Waals surface area (Å²) in [4.78, 5) is 70.1. The van der Waals surface area contributed by atoms with Gasteiger partial charge >= 0.3 is 0 Å². The maximum absolute atomic E-state index is 14.5. The van der Waals surface area contributed by atoms with Crippen LogP contribution in [0.15, 0.2) is 48.7 Å². The molecule has 2 fully saturated rings. The van der Waals surface area contributed by atoms with E-state index in [1.165, 1.54) is 26.5 Å². The highest BCUT2D eigenvalue weighted by Crippen LogP contribution is 2.33. The molecule has 1 atom stereocenters. The average Bonchev–Trinajstić information content (AvgIpc) is 3.47. The molecule has 3 N–H and O–H groups in total. The molecule has 5 rings (SSSR count). The molecular weight excluding hydrogens is 809 g/mol. The molecule has 3 aromatic rings. The Morgan fingerprint density at radius 3 is 2.47 bits per heavy atom. The smallest absolute Gasteiger partial charge is 0.289 e. The van der Waals surface area contributed by atoms with E-state index in [4.69, 9.17) is 14.2 Å². The third-order valence-electron chi connectivity index (χ3n) is 9.36. The summed E-state index contributed by atoms with van der Waals surface area (Å²) in [5.74, 6) is -6.78. The second-order valence-corrected chi connectivity index (χ2v) is 13.1. The summed E-state index contributed by atoms with van der Waals surface area (Å²) in [7, 11) is 5.05. The van der Waals surface area contributed by atoms with E-state index in [0.717, 1.165) is 24.1 Å². The molecule has 0 saturated carbocycles. The minimum Gasteiger partial charge on any atom is -1.00 e. The Bertz CT molecular complexity index is 1840. The molecule has 0 spiro atoms. The fourth-order valence-electron chi connectivity index (χ4n) is 6.39. The predicted molar refractivity (Wildman–Crippen MR) is 185 cm³/mol. The van der Waals surface area contributed by atoms with Gasteiger partial charge in [0.25, 0.3) is 17.7 Å². The van der Waals surface area contributed by atoms with Crippen molar-refractivity contribution >= 4 is 46.0 Å². The number of morpholine rings is 1. The molecule has 17 heteroatoms. The van der Waals surface area contributed by atoms with Crippen molar-refractivity contribution in [2.24, 2.45) is 0 Å². The molecule has 2 aliphatic rings. The first-order valence-electron chi connectivity index (χ1n) is 16.9. The molecule has 0 aliphatic carbocycles. The number of carbonyl (C=O) groups is 5. The number of ketones is 1. The standard InChI is InChI=1S/C36H42F2N6O8.HI/c1-44(14-16-52-17-15-44)13-5-8-30(45)42-26-7-4-6-24-25(11-12-39-32(24)26)34(48)41-21-31(46)43-22-36(37,38)19-27(43)33(47)35(49)40-20-23-9-10-28(50-2)29(18-23)51-3;/h4,6-7,9-12,18,27H,5,8,13-17,19-22H2,1-3H3,(H2-,40,41,42,45,48,49);1H/t27-;/m0./s1. The van der Waals surface area contributed by atoms with E-state index in [0.29, 0.717) is 64.6 Å². The average molecular weight is 853 g/mol. The number of halogens is 3. The molecule has 14 nitrogen and oxygen atoms in total. The number of alkyl halides is 2. The maximum Gasteiger partial charge on any atom is 0.289 e. The molecule has 2 aliphatic heterocycles. The number of nitrogens with zero attached hydrogens (tertiary/aromatic N) is 3. The lowest BCUT2D eigenvalue weighted by molar-refractivity contribution is -0.917. The van der Waals surface area contributed by atoms with E-state index in [1.54, 1.807) is 36.4 Å². The molecule has 4 amide bonds. The van der Waals surface area contributed by atoms with Crippen LogP contribution in [0.25, 0.3) is 10.9 Å². The number of rotatable bonds is 14. The van der Waals surface area contributed by atoms with Gasteiger partial charge in [-0.2, -0.15) is 0 Å². The van der Waals surface area contributed by atoms with Crippen molar-refractivity contribution in [2.75, 3.05) is 72.5 Å². The van der Waals surface area contributed by atoms with Crippen molar-refractivity contribution in [3.8, 4) is 11.5 Å².